The third-order valence-corrected chi connectivity index (χ3v) is 4.04. The first-order chi connectivity index (χ1) is 9.72. The highest BCUT2D eigenvalue weighted by Gasteiger charge is 2.17. The van der Waals surface area contributed by atoms with Gasteiger partial charge in [-0.1, -0.05) is 25.7 Å². The normalized spacial score (nSPS) is 17.1. The highest BCUT2D eigenvalue weighted by Crippen LogP contribution is 2.17. The first-order valence-electron chi connectivity index (χ1n) is 7.48. The van der Waals surface area contributed by atoms with E-state index in [1.807, 2.05) is 29.7 Å². The zero-order valence-electron chi connectivity index (χ0n) is 11.9. The van der Waals surface area contributed by atoms with E-state index in [1.54, 1.807) is 6.20 Å². The molecule has 2 heterocycles. The van der Waals surface area contributed by atoms with E-state index in [-0.39, 0.29) is 5.91 Å². The Bertz CT molecular complexity index is 609. The van der Waals surface area contributed by atoms with Crippen LogP contribution in [-0.4, -0.2) is 21.3 Å². The van der Waals surface area contributed by atoms with E-state index in [1.165, 1.54) is 25.7 Å². The van der Waals surface area contributed by atoms with Gasteiger partial charge in [-0.25, -0.2) is 4.98 Å². The van der Waals surface area contributed by atoms with Gasteiger partial charge in [-0.05, 0) is 37.5 Å². The average Bonchev–Trinajstić information content (AvgIpc) is 2.68. The number of nitrogens with zero attached hydrogens (tertiary/aromatic N) is 2. The van der Waals surface area contributed by atoms with Crippen LogP contribution in [0.1, 0.15) is 54.6 Å². The van der Waals surface area contributed by atoms with E-state index in [0.29, 0.717) is 11.7 Å². The molecule has 0 aliphatic heterocycles. The maximum Gasteiger partial charge on any atom is 0.271 e. The van der Waals surface area contributed by atoms with Crippen molar-refractivity contribution in [2.24, 2.45) is 0 Å². The monoisotopic (exact) mass is 271 g/mol. The number of carbonyl (C=O) groups is 1. The molecule has 1 amide bonds. The lowest BCUT2D eigenvalue weighted by Crippen LogP contribution is -2.34. The smallest absolute Gasteiger partial charge is 0.271 e. The highest BCUT2D eigenvalue weighted by atomic mass is 16.2. The number of rotatable bonds is 2. The van der Waals surface area contributed by atoms with Gasteiger partial charge in [0, 0.05) is 18.4 Å². The molecule has 3 rings (SSSR count). The molecule has 2 aromatic rings. The summed E-state index contributed by atoms with van der Waals surface area (Å²) in [5, 5.41) is 3.14. The molecule has 0 aromatic carbocycles. The number of hydrogen-bond donors (Lipinski definition) is 1. The Hall–Kier alpha value is -1.84. The van der Waals surface area contributed by atoms with Crippen molar-refractivity contribution in [2.75, 3.05) is 0 Å². The predicted octanol–water partition coefficient (Wildman–Crippen LogP) is 3.10. The number of fused-ring (bicyclic) bond motifs is 1. The van der Waals surface area contributed by atoms with Gasteiger partial charge in [0.15, 0.2) is 0 Å². The minimum absolute atomic E-state index is 0.0433. The molecule has 1 fully saturated rings. The number of hydrogen-bond acceptors (Lipinski definition) is 2. The Kier molecular flexibility index (Phi) is 3.72. The summed E-state index contributed by atoms with van der Waals surface area (Å²) >= 11 is 0. The fourth-order valence-electron chi connectivity index (χ4n) is 2.88. The van der Waals surface area contributed by atoms with Crippen LogP contribution in [0.4, 0.5) is 0 Å². The summed E-state index contributed by atoms with van der Waals surface area (Å²) < 4.78 is 1.90. The lowest BCUT2D eigenvalue weighted by Gasteiger charge is -2.14. The van der Waals surface area contributed by atoms with Gasteiger partial charge >= 0.3 is 0 Å². The molecule has 4 nitrogen and oxygen atoms in total. The van der Waals surface area contributed by atoms with Crippen molar-refractivity contribution in [3.63, 3.8) is 0 Å². The standard InChI is InChI=1S/C16H21N3O/c1-12-8-9-19-11-14(18-15(19)10-12)16(20)17-13-6-4-2-3-5-7-13/h8-11,13H,2-7H2,1H3,(H,17,20). The summed E-state index contributed by atoms with van der Waals surface area (Å²) in [6.45, 7) is 2.03. The number of nitrogens with one attached hydrogen (secondary N) is 1. The number of pyridine rings is 1. The Morgan fingerprint density at radius 3 is 2.80 bits per heavy atom. The molecule has 0 spiro atoms. The molecule has 0 saturated heterocycles. The van der Waals surface area contributed by atoms with Crippen LogP contribution in [0, 0.1) is 6.92 Å². The van der Waals surface area contributed by atoms with Gasteiger partial charge in [-0.3, -0.25) is 4.79 Å². The molecule has 1 aliphatic rings. The van der Waals surface area contributed by atoms with E-state index < -0.39 is 0 Å². The van der Waals surface area contributed by atoms with E-state index in [9.17, 15) is 4.79 Å². The topological polar surface area (TPSA) is 46.4 Å². The first-order valence-corrected chi connectivity index (χ1v) is 7.48. The molecule has 20 heavy (non-hydrogen) atoms. The SMILES string of the molecule is Cc1ccn2cc(C(=O)NC3CCCCCC3)nc2c1. The quantitative estimate of drug-likeness (QED) is 0.853. The Balaban J connectivity index is 1.74. The molecule has 1 saturated carbocycles. The van der Waals surface area contributed by atoms with Crippen molar-refractivity contribution in [2.45, 2.75) is 51.5 Å². The van der Waals surface area contributed by atoms with E-state index in [0.717, 1.165) is 24.1 Å². The van der Waals surface area contributed by atoms with Crippen LogP contribution in [0.2, 0.25) is 0 Å². The van der Waals surface area contributed by atoms with Crippen molar-refractivity contribution in [1.82, 2.24) is 14.7 Å². The Morgan fingerprint density at radius 2 is 2.05 bits per heavy atom. The number of carbonyl (C=O) groups excluding carboxylic acids is 1. The zero-order chi connectivity index (χ0) is 13.9. The molecule has 1 N–H and O–H groups in total. The minimum Gasteiger partial charge on any atom is -0.348 e. The molecule has 0 unspecified atom stereocenters. The highest BCUT2D eigenvalue weighted by molar-refractivity contribution is 5.93. The summed E-state index contributed by atoms with van der Waals surface area (Å²) in [5.41, 5.74) is 2.50. The second-order valence-electron chi connectivity index (χ2n) is 5.76. The average molecular weight is 271 g/mol. The molecule has 0 radical (unpaired) electrons. The molecule has 4 heteroatoms. The van der Waals surface area contributed by atoms with E-state index in [2.05, 4.69) is 10.3 Å². The summed E-state index contributed by atoms with van der Waals surface area (Å²) in [5.74, 6) is -0.0433. The van der Waals surface area contributed by atoms with Crippen LogP contribution in [0.25, 0.3) is 5.65 Å². The van der Waals surface area contributed by atoms with Gasteiger partial charge in [-0.2, -0.15) is 0 Å². The summed E-state index contributed by atoms with van der Waals surface area (Å²) in [6.07, 6.45) is 11.0. The van der Waals surface area contributed by atoms with E-state index >= 15 is 0 Å². The summed E-state index contributed by atoms with van der Waals surface area (Å²) in [7, 11) is 0. The number of aromatic nitrogens is 2. The minimum atomic E-state index is -0.0433. The second-order valence-corrected chi connectivity index (χ2v) is 5.76. The molecule has 0 atom stereocenters. The maximum absolute atomic E-state index is 12.3. The van der Waals surface area contributed by atoms with Crippen molar-refractivity contribution in [1.29, 1.82) is 0 Å². The molecule has 0 bridgehead atoms. The predicted molar refractivity (Wildman–Crippen MR) is 78.9 cm³/mol. The maximum atomic E-state index is 12.3. The van der Waals surface area contributed by atoms with Gasteiger partial charge in [-0.15, -0.1) is 0 Å². The van der Waals surface area contributed by atoms with Crippen molar-refractivity contribution in [3.8, 4) is 0 Å². The lowest BCUT2D eigenvalue weighted by molar-refractivity contribution is 0.0929. The van der Waals surface area contributed by atoms with Crippen LogP contribution in [0.3, 0.4) is 0 Å². The van der Waals surface area contributed by atoms with Gasteiger partial charge in [0.25, 0.3) is 5.91 Å². The number of aryl methyl sites for hydroxylation is 1. The lowest BCUT2D eigenvalue weighted by atomic mass is 10.1. The third-order valence-electron chi connectivity index (χ3n) is 4.04. The molecule has 106 valence electrons. The van der Waals surface area contributed by atoms with E-state index in [4.69, 9.17) is 0 Å². The fraction of sp³-hybridized carbons (Fsp3) is 0.500. The number of imidazole rings is 1. The first kappa shape index (κ1) is 13.2. The zero-order valence-corrected chi connectivity index (χ0v) is 11.9. The second kappa shape index (κ2) is 5.65. The van der Waals surface area contributed by atoms with Gasteiger partial charge in [0.2, 0.25) is 0 Å². The van der Waals surface area contributed by atoms with Gasteiger partial charge < -0.3 is 9.72 Å². The van der Waals surface area contributed by atoms with Crippen LogP contribution in [0.5, 0.6) is 0 Å². The van der Waals surface area contributed by atoms with Crippen molar-refractivity contribution in [3.05, 3.63) is 35.8 Å². The molecule has 1 aliphatic carbocycles. The van der Waals surface area contributed by atoms with Crippen LogP contribution < -0.4 is 5.32 Å². The van der Waals surface area contributed by atoms with Gasteiger partial charge in [0.05, 0.1) is 0 Å². The summed E-state index contributed by atoms with van der Waals surface area (Å²) in [6, 6.07) is 4.32. The number of amides is 1. The van der Waals surface area contributed by atoms with Gasteiger partial charge in [0.1, 0.15) is 11.3 Å². The van der Waals surface area contributed by atoms with Crippen LogP contribution in [0.15, 0.2) is 24.5 Å². The molecule has 2 aromatic heterocycles. The molecular formula is C16H21N3O. The van der Waals surface area contributed by atoms with Crippen molar-refractivity contribution < 1.29 is 4.79 Å². The fourth-order valence-corrected chi connectivity index (χ4v) is 2.88. The van der Waals surface area contributed by atoms with Crippen molar-refractivity contribution >= 4 is 11.6 Å². The third kappa shape index (κ3) is 2.84. The summed E-state index contributed by atoms with van der Waals surface area (Å²) in [4.78, 5) is 16.7. The molecular weight excluding hydrogens is 250 g/mol. The van der Waals surface area contributed by atoms with Crippen LogP contribution >= 0.6 is 0 Å². The largest absolute Gasteiger partial charge is 0.348 e. The Labute approximate surface area is 119 Å². The Morgan fingerprint density at radius 1 is 1.30 bits per heavy atom. The van der Waals surface area contributed by atoms with Crippen LogP contribution in [-0.2, 0) is 0 Å².